The molecule has 0 radical (unpaired) electrons. The van der Waals surface area contributed by atoms with Crippen LogP contribution in [0.25, 0.3) is 10.4 Å². The van der Waals surface area contributed by atoms with Crippen LogP contribution in [0.15, 0.2) is 66.3 Å². The van der Waals surface area contributed by atoms with E-state index < -0.39 is 23.6 Å². The van der Waals surface area contributed by atoms with Crippen LogP contribution in [-0.2, 0) is 14.4 Å². The molecule has 4 aromatic rings. The number of hydrogen-bond acceptors (Lipinski definition) is 14. The van der Waals surface area contributed by atoms with Crippen LogP contribution in [0.2, 0.25) is 5.02 Å². The number of nitrogens with zero attached hydrogens (tertiary/aromatic N) is 8. The Labute approximate surface area is 457 Å². The Morgan fingerprint density at radius 3 is 2.12 bits per heavy atom. The number of likely N-dealkylation sites (tertiary alicyclic amines) is 1. The van der Waals surface area contributed by atoms with Crippen molar-refractivity contribution in [3.8, 4) is 22.3 Å². The number of anilines is 1. The van der Waals surface area contributed by atoms with Gasteiger partial charge in [0.05, 0.1) is 50.9 Å². The summed E-state index contributed by atoms with van der Waals surface area (Å²) in [6, 6.07) is 16.7. The third-order valence-electron chi connectivity index (χ3n) is 16.0. The maximum absolute atomic E-state index is 14.3. The number of carbonyl (C=O) groups is 4. The summed E-state index contributed by atoms with van der Waals surface area (Å²) in [5, 5.41) is 29.7. The van der Waals surface area contributed by atoms with Gasteiger partial charge in [-0.15, -0.1) is 11.3 Å². The first-order valence-corrected chi connectivity index (χ1v) is 27.9. The number of nitrogens with one attached hydrogen (secondary N) is 3. The molecule has 4 N–H and O–H groups in total. The van der Waals surface area contributed by atoms with E-state index >= 15 is 0 Å². The number of piperazine rings is 2. The number of carbonyl (C=O) groups excluding carboxylic acids is 4. The summed E-state index contributed by atoms with van der Waals surface area (Å²) in [7, 11) is 0. The summed E-state index contributed by atoms with van der Waals surface area (Å²) in [6.45, 7) is 26.8. The Balaban J connectivity index is 0.728. The number of aromatic nitrogens is 2. The topological polar surface area (TPSA) is 200 Å². The molecule has 1 unspecified atom stereocenters. The molecule has 76 heavy (non-hydrogen) atoms. The van der Waals surface area contributed by atoms with Crippen molar-refractivity contribution in [1.29, 1.82) is 5.26 Å². The normalized spacial score (nSPS) is 22.7. The number of pyridine rings is 1. The lowest BCUT2D eigenvalue weighted by Crippen LogP contribution is -2.74. The first kappa shape index (κ1) is 56.5. The number of halogens is 1. The first-order valence-electron chi connectivity index (χ1n) is 26.7. The zero-order valence-corrected chi connectivity index (χ0v) is 47.1. The van der Waals surface area contributed by atoms with Crippen molar-refractivity contribution in [3.05, 3.63) is 93.7 Å². The molecule has 19 heteroatoms. The van der Waals surface area contributed by atoms with Gasteiger partial charge in [0.1, 0.15) is 35.8 Å². The van der Waals surface area contributed by atoms with Gasteiger partial charge in [-0.2, -0.15) is 5.26 Å². The maximum Gasteiger partial charge on any atom is 0.253 e. The molecule has 4 atom stereocenters. The Morgan fingerprint density at radius 2 is 1.54 bits per heavy atom. The summed E-state index contributed by atoms with van der Waals surface area (Å²) in [5.74, 6) is 0.317. The van der Waals surface area contributed by atoms with E-state index in [-0.39, 0.29) is 72.2 Å². The number of aryl methyl sites for hydroxylation is 1. The van der Waals surface area contributed by atoms with Crippen molar-refractivity contribution >= 4 is 52.4 Å². The molecule has 408 valence electrons. The van der Waals surface area contributed by atoms with Gasteiger partial charge in [0, 0.05) is 94.5 Å². The molecule has 4 aliphatic rings. The third-order valence-corrected chi connectivity index (χ3v) is 17.3. The van der Waals surface area contributed by atoms with E-state index in [0.717, 1.165) is 99.4 Å². The number of rotatable bonds is 17. The fraction of sp³-hybridized carbons (Fsp3) is 0.561. The van der Waals surface area contributed by atoms with Gasteiger partial charge in [0.15, 0.2) is 0 Å². The van der Waals surface area contributed by atoms with Crippen molar-refractivity contribution in [3.63, 3.8) is 0 Å². The Morgan fingerprint density at radius 1 is 0.895 bits per heavy atom. The second-order valence-corrected chi connectivity index (χ2v) is 24.6. The summed E-state index contributed by atoms with van der Waals surface area (Å²) < 4.78 is 6.39. The van der Waals surface area contributed by atoms with Crippen LogP contribution in [0, 0.1) is 34.5 Å². The number of nitriles is 1. The third kappa shape index (κ3) is 12.8. The zero-order valence-electron chi connectivity index (χ0n) is 45.6. The summed E-state index contributed by atoms with van der Waals surface area (Å²) in [4.78, 5) is 76.1. The van der Waals surface area contributed by atoms with Crippen molar-refractivity contribution in [2.45, 2.75) is 112 Å². The molecule has 17 nitrogen and oxygen atoms in total. The van der Waals surface area contributed by atoms with Crippen molar-refractivity contribution in [2.75, 3.05) is 83.4 Å². The number of amides is 4. The van der Waals surface area contributed by atoms with Crippen molar-refractivity contribution < 1.29 is 29.0 Å². The van der Waals surface area contributed by atoms with E-state index in [1.165, 1.54) is 4.90 Å². The molecular weight excluding hydrogens is 1000 g/mol. The van der Waals surface area contributed by atoms with E-state index in [0.29, 0.717) is 21.9 Å². The lowest BCUT2D eigenvalue weighted by molar-refractivity contribution is -0.164. The smallest absolute Gasteiger partial charge is 0.253 e. The number of ether oxygens (including phenoxy) is 1. The Hall–Kier alpha value is -5.68. The van der Waals surface area contributed by atoms with Crippen LogP contribution < -0.4 is 25.6 Å². The van der Waals surface area contributed by atoms with E-state index in [2.05, 4.69) is 74.3 Å². The number of aliphatic hydroxyl groups is 1. The summed E-state index contributed by atoms with van der Waals surface area (Å²) in [5.41, 5.74) is 4.27. The minimum absolute atomic E-state index is 0.0171. The Kier molecular flexibility index (Phi) is 17.5. The highest BCUT2D eigenvalue weighted by Gasteiger charge is 2.64. The lowest BCUT2D eigenvalue weighted by Gasteiger charge is -2.63. The second-order valence-electron chi connectivity index (χ2n) is 23.4. The maximum atomic E-state index is 14.3. The van der Waals surface area contributed by atoms with E-state index in [1.807, 2.05) is 76.5 Å². The molecule has 1 saturated carbocycles. The highest BCUT2D eigenvalue weighted by atomic mass is 35.5. The van der Waals surface area contributed by atoms with Gasteiger partial charge in [-0.05, 0) is 74.2 Å². The molecule has 0 spiro atoms. The largest absolute Gasteiger partial charge is 0.489 e. The number of benzene rings is 2. The molecule has 3 aliphatic heterocycles. The Bertz CT molecular complexity index is 2730. The van der Waals surface area contributed by atoms with Crippen LogP contribution in [-0.4, -0.2) is 167 Å². The fourth-order valence-corrected chi connectivity index (χ4v) is 12.9. The van der Waals surface area contributed by atoms with Crippen molar-refractivity contribution in [1.82, 2.24) is 45.5 Å². The number of β-amino-alcohol motifs (C(OH)–C–C–N with tert-alkyl or cyclic N) is 1. The van der Waals surface area contributed by atoms with E-state index in [9.17, 15) is 29.5 Å². The quantitative estimate of drug-likeness (QED) is 0.0940. The van der Waals surface area contributed by atoms with Crippen LogP contribution >= 0.6 is 22.9 Å². The van der Waals surface area contributed by atoms with E-state index in [1.54, 1.807) is 35.7 Å². The molecule has 2 aromatic heterocycles. The molecule has 1 aliphatic carbocycles. The minimum atomic E-state index is -0.890. The molecule has 5 heterocycles. The number of hydrogen-bond donors (Lipinski definition) is 4. The number of thiazole rings is 1. The van der Waals surface area contributed by atoms with Gasteiger partial charge in [-0.1, -0.05) is 84.3 Å². The standard InChI is InChI=1S/C57H76ClN11O6S/c1-36(38-11-13-39(14-12-38)48-37(2)61-35-76-48)62-51(73)45-29-42(70)33-69(45)52(74)49(55(3,4)5)63-47(71)34-67-23-21-65(22-24-67)19-10-20-66-25-27-68(28-26-66)46-18-16-41(32-60-46)50(72)64-53-56(6,7)54(57(53,8)9)75-43-17-15-40(31-59)44(58)30-43/h11-18,30,32,35-36,42,45,49,53-54,70H,10,19-29,33-34H2,1-9H3,(H,62,73)(H,63,71)(H,64,72)/t36-,42+,45-,49?,53?,54?/m0/s1. The summed E-state index contributed by atoms with van der Waals surface area (Å²) in [6.07, 6.45) is 1.76. The highest BCUT2D eigenvalue weighted by Crippen LogP contribution is 2.55. The predicted octanol–water partition coefficient (Wildman–Crippen LogP) is 6.15. The zero-order chi connectivity index (χ0) is 54.7. The van der Waals surface area contributed by atoms with Crippen LogP contribution in [0.4, 0.5) is 5.82 Å². The van der Waals surface area contributed by atoms with Gasteiger partial charge < -0.3 is 40.5 Å². The van der Waals surface area contributed by atoms with Crippen LogP contribution in [0.5, 0.6) is 5.75 Å². The lowest BCUT2D eigenvalue weighted by atomic mass is 9.49. The molecule has 0 bridgehead atoms. The van der Waals surface area contributed by atoms with Crippen LogP contribution in [0.3, 0.4) is 0 Å². The average Bonchev–Trinajstić information content (AvgIpc) is 4.04. The van der Waals surface area contributed by atoms with Crippen LogP contribution in [0.1, 0.15) is 101 Å². The fourth-order valence-electron chi connectivity index (χ4n) is 11.8. The molecule has 8 rings (SSSR count). The molecule has 3 saturated heterocycles. The first-order chi connectivity index (χ1) is 36.0. The highest BCUT2D eigenvalue weighted by molar-refractivity contribution is 7.13. The van der Waals surface area contributed by atoms with Crippen molar-refractivity contribution in [2.24, 2.45) is 16.2 Å². The predicted molar refractivity (Wildman–Crippen MR) is 296 cm³/mol. The monoisotopic (exact) mass is 1080 g/mol. The van der Waals surface area contributed by atoms with Gasteiger partial charge in [-0.3, -0.25) is 29.0 Å². The van der Waals surface area contributed by atoms with Gasteiger partial charge >= 0.3 is 0 Å². The SMILES string of the molecule is Cc1ncsc1-c1ccc([C@H](C)NC(=O)[C@@H]2C[C@@H](O)CN2C(=O)C(NC(=O)CN2CCN(CCCN3CCN(c4ccc(C(=O)NC5C(C)(C)C(Oc6ccc(C#N)c(Cl)c6)C5(C)C)cn4)CC3)CC2)C(C)(C)C)cc1. The number of aliphatic hydroxyl groups excluding tert-OH is 1. The summed E-state index contributed by atoms with van der Waals surface area (Å²) >= 11 is 7.85. The minimum Gasteiger partial charge on any atom is -0.489 e. The average molecular weight is 1080 g/mol. The molecular formula is C57H76ClN11O6S. The van der Waals surface area contributed by atoms with Gasteiger partial charge in [0.25, 0.3) is 5.91 Å². The van der Waals surface area contributed by atoms with Gasteiger partial charge in [-0.25, -0.2) is 9.97 Å². The van der Waals surface area contributed by atoms with E-state index in [4.69, 9.17) is 21.3 Å². The second kappa shape index (κ2) is 23.5. The molecule has 2 aromatic carbocycles. The molecule has 4 fully saturated rings. The van der Waals surface area contributed by atoms with Gasteiger partial charge in [0.2, 0.25) is 17.7 Å². The molecule has 4 amide bonds.